The molecule has 3 heterocycles. The number of methoxy groups -OCH3 is 1. The van der Waals surface area contributed by atoms with E-state index in [0.29, 0.717) is 18.9 Å². The van der Waals surface area contributed by atoms with Crippen LogP contribution in [0.15, 0.2) is 6.07 Å². The number of anilines is 1. The molecule has 0 N–H and O–H groups in total. The summed E-state index contributed by atoms with van der Waals surface area (Å²) in [6.45, 7) is 7.00. The van der Waals surface area contributed by atoms with Gasteiger partial charge in [0.05, 0.1) is 13.0 Å². The van der Waals surface area contributed by atoms with Crippen molar-refractivity contribution >= 4 is 17.8 Å². The lowest BCUT2D eigenvalue weighted by atomic mass is 9.91. The Hall–Kier alpha value is -2.18. The monoisotopic (exact) mass is 374 g/mol. The van der Waals surface area contributed by atoms with E-state index in [1.807, 2.05) is 24.8 Å². The molecule has 0 saturated carbocycles. The SMILES string of the molecule is COC(=O)CC1CCN(C(=O)[C@@H]2CCCN(c3nc(C)cc(C)n3)C2)CC1. The minimum Gasteiger partial charge on any atom is -0.469 e. The lowest BCUT2D eigenvalue weighted by Crippen LogP contribution is -2.47. The molecule has 1 amide bonds. The van der Waals surface area contributed by atoms with Gasteiger partial charge in [0, 0.05) is 44.0 Å². The van der Waals surface area contributed by atoms with Crippen molar-refractivity contribution in [2.45, 2.75) is 46.0 Å². The quantitative estimate of drug-likeness (QED) is 0.752. The third kappa shape index (κ3) is 4.96. The molecular weight excluding hydrogens is 344 g/mol. The Kier molecular flexibility index (Phi) is 6.29. The Morgan fingerprint density at radius 1 is 1.11 bits per heavy atom. The van der Waals surface area contributed by atoms with Gasteiger partial charge in [-0.25, -0.2) is 9.97 Å². The van der Waals surface area contributed by atoms with Gasteiger partial charge in [-0.3, -0.25) is 9.59 Å². The van der Waals surface area contributed by atoms with Crippen LogP contribution >= 0.6 is 0 Å². The Balaban J connectivity index is 1.56. The van der Waals surface area contributed by atoms with E-state index in [1.54, 1.807) is 0 Å². The largest absolute Gasteiger partial charge is 0.469 e. The first-order chi connectivity index (χ1) is 13.0. The van der Waals surface area contributed by atoms with Gasteiger partial charge >= 0.3 is 5.97 Å². The van der Waals surface area contributed by atoms with E-state index < -0.39 is 0 Å². The number of aryl methyl sites for hydroxylation is 2. The first-order valence-electron chi connectivity index (χ1n) is 9.89. The normalized spacial score (nSPS) is 21.2. The molecule has 2 fully saturated rings. The van der Waals surface area contributed by atoms with Crippen LogP contribution < -0.4 is 4.90 Å². The topological polar surface area (TPSA) is 75.6 Å². The molecular formula is C20H30N4O3. The van der Waals surface area contributed by atoms with Gasteiger partial charge in [-0.15, -0.1) is 0 Å². The van der Waals surface area contributed by atoms with Crippen molar-refractivity contribution in [2.75, 3.05) is 38.2 Å². The van der Waals surface area contributed by atoms with Crippen LogP contribution in [0.2, 0.25) is 0 Å². The molecule has 2 saturated heterocycles. The molecule has 0 bridgehead atoms. The molecule has 148 valence electrons. The van der Waals surface area contributed by atoms with Crippen molar-refractivity contribution < 1.29 is 14.3 Å². The van der Waals surface area contributed by atoms with Gasteiger partial charge in [-0.05, 0) is 51.5 Å². The first-order valence-corrected chi connectivity index (χ1v) is 9.89. The molecule has 2 aliphatic heterocycles. The summed E-state index contributed by atoms with van der Waals surface area (Å²) in [5, 5.41) is 0. The minimum atomic E-state index is -0.156. The van der Waals surface area contributed by atoms with Crippen LogP contribution in [0, 0.1) is 25.7 Å². The highest BCUT2D eigenvalue weighted by atomic mass is 16.5. The number of piperidine rings is 2. The fraction of sp³-hybridized carbons (Fsp3) is 0.700. The van der Waals surface area contributed by atoms with Crippen LogP contribution in [-0.2, 0) is 14.3 Å². The zero-order valence-corrected chi connectivity index (χ0v) is 16.6. The van der Waals surface area contributed by atoms with Crippen molar-refractivity contribution in [3.05, 3.63) is 17.5 Å². The summed E-state index contributed by atoms with van der Waals surface area (Å²) in [6, 6.07) is 1.97. The average Bonchev–Trinajstić information content (AvgIpc) is 2.67. The van der Waals surface area contributed by atoms with Crippen LogP contribution in [0.25, 0.3) is 0 Å². The smallest absolute Gasteiger partial charge is 0.305 e. The van der Waals surface area contributed by atoms with E-state index in [2.05, 4.69) is 14.9 Å². The van der Waals surface area contributed by atoms with Gasteiger partial charge in [0.1, 0.15) is 0 Å². The lowest BCUT2D eigenvalue weighted by Gasteiger charge is -2.37. The van der Waals surface area contributed by atoms with Gasteiger partial charge in [0.25, 0.3) is 0 Å². The van der Waals surface area contributed by atoms with Crippen molar-refractivity contribution in [1.82, 2.24) is 14.9 Å². The van der Waals surface area contributed by atoms with Crippen LogP contribution in [0.3, 0.4) is 0 Å². The number of aromatic nitrogens is 2. The summed E-state index contributed by atoms with van der Waals surface area (Å²) in [7, 11) is 1.43. The molecule has 0 aliphatic carbocycles. The molecule has 1 aromatic rings. The highest BCUT2D eigenvalue weighted by molar-refractivity contribution is 5.80. The minimum absolute atomic E-state index is 0.000301. The van der Waals surface area contributed by atoms with E-state index in [9.17, 15) is 9.59 Å². The lowest BCUT2D eigenvalue weighted by molar-refractivity contribution is -0.142. The fourth-order valence-electron chi connectivity index (χ4n) is 4.14. The second-order valence-electron chi connectivity index (χ2n) is 7.78. The van der Waals surface area contributed by atoms with Crippen molar-refractivity contribution in [1.29, 1.82) is 0 Å². The molecule has 0 spiro atoms. The Labute approximate surface area is 161 Å². The van der Waals surface area contributed by atoms with Crippen LogP contribution in [0.5, 0.6) is 0 Å². The number of hydrogen-bond acceptors (Lipinski definition) is 6. The van der Waals surface area contributed by atoms with E-state index in [-0.39, 0.29) is 17.8 Å². The number of amides is 1. The standard InChI is InChI=1S/C20H30N4O3/c1-14-11-15(2)22-20(21-14)24-8-4-5-17(13-24)19(26)23-9-6-16(7-10-23)12-18(25)27-3/h11,16-17H,4-10,12-13H2,1-3H3/t17-/m1/s1. The van der Waals surface area contributed by atoms with Gasteiger partial charge in [0.2, 0.25) is 11.9 Å². The molecule has 1 atom stereocenters. The van der Waals surface area contributed by atoms with Crippen molar-refractivity contribution in [3.63, 3.8) is 0 Å². The summed E-state index contributed by atoms with van der Waals surface area (Å²) in [5.74, 6) is 1.15. The molecule has 3 rings (SSSR count). The summed E-state index contributed by atoms with van der Waals surface area (Å²) < 4.78 is 4.76. The number of carbonyl (C=O) groups is 2. The van der Waals surface area contributed by atoms with Crippen LogP contribution in [-0.4, -0.2) is 60.0 Å². The highest BCUT2D eigenvalue weighted by Crippen LogP contribution is 2.26. The Morgan fingerprint density at radius 3 is 2.41 bits per heavy atom. The molecule has 7 heteroatoms. The van der Waals surface area contributed by atoms with Crippen molar-refractivity contribution in [3.8, 4) is 0 Å². The third-order valence-electron chi connectivity index (χ3n) is 5.63. The Morgan fingerprint density at radius 2 is 1.78 bits per heavy atom. The molecule has 0 radical (unpaired) electrons. The number of nitrogens with zero attached hydrogens (tertiary/aromatic N) is 4. The number of hydrogen-bond donors (Lipinski definition) is 0. The first kappa shape index (κ1) is 19.6. The van der Waals surface area contributed by atoms with Gasteiger partial charge < -0.3 is 14.5 Å². The second kappa shape index (κ2) is 8.67. The molecule has 0 aromatic carbocycles. The summed E-state index contributed by atoms with van der Waals surface area (Å²) in [4.78, 5) is 37.7. The maximum absolute atomic E-state index is 13.0. The number of likely N-dealkylation sites (tertiary alicyclic amines) is 1. The zero-order chi connectivity index (χ0) is 19.4. The number of ether oxygens (including phenoxy) is 1. The molecule has 2 aliphatic rings. The zero-order valence-electron chi connectivity index (χ0n) is 16.6. The van der Waals surface area contributed by atoms with E-state index in [1.165, 1.54) is 7.11 Å². The third-order valence-corrected chi connectivity index (χ3v) is 5.63. The number of rotatable bonds is 4. The van der Waals surface area contributed by atoms with E-state index >= 15 is 0 Å². The average molecular weight is 374 g/mol. The van der Waals surface area contributed by atoms with Gasteiger partial charge in [-0.2, -0.15) is 0 Å². The van der Waals surface area contributed by atoms with Crippen LogP contribution in [0.1, 0.15) is 43.5 Å². The van der Waals surface area contributed by atoms with Gasteiger partial charge in [0.15, 0.2) is 0 Å². The maximum Gasteiger partial charge on any atom is 0.305 e. The molecule has 27 heavy (non-hydrogen) atoms. The second-order valence-corrected chi connectivity index (χ2v) is 7.78. The summed E-state index contributed by atoms with van der Waals surface area (Å²) in [6.07, 6.45) is 4.10. The number of esters is 1. The molecule has 1 aromatic heterocycles. The summed E-state index contributed by atoms with van der Waals surface area (Å²) >= 11 is 0. The fourth-order valence-corrected chi connectivity index (χ4v) is 4.14. The van der Waals surface area contributed by atoms with Gasteiger partial charge in [-0.1, -0.05) is 0 Å². The highest BCUT2D eigenvalue weighted by Gasteiger charge is 2.32. The maximum atomic E-state index is 13.0. The Bertz CT molecular complexity index is 666. The van der Waals surface area contributed by atoms with Crippen LogP contribution in [0.4, 0.5) is 5.95 Å². The van der Waals surface area contributed by atoms with E-state index in [4.69, 9.17) is 4.74 Å². The summed E-state index contributed by atoms with van der Waals surface area (Å²) in [5.41, 5.74) is 1.91. The molecule has 7 nitrogen and oxygen atoms in total. The number of carbonyl (C=O) groups excluding carboxylic acids is 2. The predicted molar refractivity (Wildman–Crippen MR) is 102 cm³/mol. The van der Waals surface area contributed by atoms with E-state index in [0.717, 1.165) is 62.7 Å². The predicted octanol–water partition coefficient (Wildman–Crippen LogP) is 2.11. The molecule has 0 unspecified atom stereocenters. The van der Waals surface area contributed by atoms with Crippen molar-refractivity contribution in [2.24, 2.45) is 11.8 Å².